The quantitative estimate of drug-likeness (QED) is 0.407. The number of nitrogens with one attached hydrogen (secondary N) is 2. The number of ether oxygens (including phenoxy) is 2. The molecule has 0 heterocycles. The van der Waals surface area contributed by atoms with Gasteiger partial charge < -0.3 is 20.1 Å². The van der Waals surface area contributed by atoms with Gasteiger partial charge in [-0.3, -0.25) is 9.89 Å². The normalized spacial score (nSPS) is 12.0. The third-order valence-electron chi connectivity index (χ3n) is 4.08. The fourth-order valence-electron chi connectivity index (χ4n) is 2.81. The molecule has 0 radical (unpaired) electrons. The van der Waals surface area contributed by atoms with Crippen LogP contribution in [-0.4, -0.2) is 57.3 Å². The molecule has 2 N–H and O–H groups in total. The van der Waals surface area contributed by atoms with Crippen molar-refractivity contribution in [1.82, 2.24) is 10.2 Å². The summed E-state index contributed by atoms with van der Waals surface area (Å²) in [5.74, 6) is 2.14. The van der Waals surface area contributed by atoms with Crippen LogP contribution in [-0.2, 0) is 0 Å². The molecular formula is C19H34N4O2. The van der Waals surface area contributed by atoms with Crippen LogP contribution in [0.2, 0.25) is 0 Å². The molecule has 0 fully saturated rings. The smallest absolute Gasteiger partial charge is 0.195 e. The topological polar surface area (TPSA) is 58.1 Å². The molecule has 0 saturated heterocycles. The van der Waals surface area contributed by atoms with Gasteiger partial charge in [0.2, 0.25) is 0 Å². The van der Waals surface area contributed by atoms with Crippen molar-refractivity contribution < 1.29 is 9.47 Å². The third kappa shape index (κ3) is 6.82. The van der Waals surface area contributed by atoms with Gasteiger partial charge >= 0.3 is 0 Å². The van der Waals surface area contributed by atoms with Crippen LogP contribution in [0.4, 0.5) is 5.69 Å². The summed E-state index contributed by atoms with van der Waals surface area (Å²) in [6.07, 6.45) is 1.06. The zero-order valence-electron chi connectivity index (χ0n) is 16.7. The van der Waals surface area contributed by atoms with E-state index in [0.29, 0.717) is 23.6 Å². The summed E-state index contributed by atoms with van der Waals surface area (Å²) < 4.78 is 10.6. The first-order valence-electron chi connectivity index (χ1n) is 8.88. The number of rotatable bonds is 9. The van der Waals surface area contributed by atoms with Gasteiger partial charge in [0.25, 0.3) is 0 Å². The zero-order valence-corrected chi connectivity index (χ0v) is 16.7. The molecule has 0 saturated carbocycles. The molecule has 0 aliphatic rings. The van der Waals surface area contributed by atoms with E-state index in [-0.39, 0.29) is 0 Å². The van der Waals surface area contributed by atoms with Gasteiger partial charge in [0.1, 0.15) is 0 Å². The molecular weight excluding hydrogens is 316 g/mol. The number of hydrogen-bond acceptors (Lipinski definition) is 4. The van der Waals surface area contributed by atoms with Crippen molar-refractivity contribution in [1.29, 1.82) is 0 Å². The molecule has 0 amide bonds. The molecule has 1 aromatic rings. The molecule has 142 valence electrons. The van der Waals surface area contributed by atoms with Gasteiger partial charge in [-0.1, -0.05) is 0 Å². The van der Waals surface area contributed by atoms with Crippen LogP contribution in [0.1, 0.15) is 34.1 Å². The van der Waals surface area contributed by atoms with E-state index >= 15 is 0 Å². The third-order valence-corrected chi connectivity index (χ3v) is 4.08. The minimum absolute atomic E-state index is 0.559. The average Bonchev–Trinajstić information content (AvgIpc) is 2.59. The highest BCUT2D eigenvalue weighted by atomic mass is 16.5. The van der Waals surface area contributed by atoms with Gasteiger partial charge in [0, 0.05) is 44.0 Å². The number of methoxy groups -OCH3 is 2. The molecule has 0 aliphatic heterocycles. The van der Waals surface area contributed by atoms with E-state index in [1.807, 2.05) is 18.2 Å². The van der Waals surface area contributed by atoms with E-state index in [9.17, 15) is 0 Å². The second-order valence-electron chi connectivity index (χ2n) is 6.47. The monoisotopic (exact) mass is 350 g/mol. The van der Waals surface area contributed by atoms with Gasteiger partial charge in [-0.15, -0.1) is 0 Å². The summed E-state index contributed by atoms with van der Waals surface area (Å²) in [4.78, 5) is 6.77. The maximum atomic E-state index is 5.33. The molecule has 0 aliphatic carbocycles. The second kappa shape index (κ2) is 10.8. The van der Waals surface area contributed by atoms with E-state index in [4.69, 9.17) is 9.47 Å². The molecule has 0 unspecified atom stereocenters. The summed E-state index contributed by atoms with van der Waals surface area (Å²) in [5, 5.41) is 6.64. The van der Waals surface area contributed by atoms with E-state index in [2.05, 4.69) is 48.2 Å². The summed E-state index contributed by atoms with van der Waals surface area (Å²) in [5.41, 5.74) is 0.900. The minimum atomic E-state index is 0.559. The largest absolute Gasteiger partial charge is 0.493 e. The molecule has 25 heavy (non-hydrogen) atoms. The molecule has 0 bridgehead atoms. The lowest BCUT2D eigenvalue weighted by atomic mass is 10.2. The van der Waals surface area contributed by atoms with Gasteiger partial charge in [0.05, 0.1) is 14.2 Å². The Morgan fingerprint density at radius 2 is 1.72 bits per heavy atom. The Kier molecular flexibility index (Phi) is 9.13. The summed E-state index contributed by atoms with van der Waals surface area (Å²) >= 11 is 0. The van der Waals surface area contributed by atoms with Gasteiger partial charge in [-0.05, 0) is 46.2 Å². The van der Waals surface area contributed by atoms with E-state index < -0.39 is 0 Å². The number of hydrogen-bond donors (Lipinski definition) is 2. The number of aliphatic imine (C=N–C) groups is 1. The van der Waals surface area contributed by atoms with Crippen LogP contribution in [0.5, 0.6) is 11.5 Å². The number of nitrogens with zero attached hydrogens (tertiary/aromatic N) is 2. The average molecular weight is 351 g/mol. The molecule has 6 nitrogen and oxygen atoms in total. The van der Waals surface area contributed by atoms with Crippen molar-refractivity contribution in [2.75, 3.05) is 39.7 Å². The molecule has 6 heteroatoms. The van der Waals surface area contributed by atoms with Crippen molar-refractivity contribution in [2.45, 2.75) is 46.2 Å². The van der Waals surface area contributed by atoms with Crippen molar-refractivity contribution in [2.24, 2.45) is 4.99 Å². The standard InChI is InChI=1S/C19H34N4O2/c1-14(2)23(15(3)4)12-8-11-21-19(20-5)22-16-9-10-17(24-6)18(13-16)25-7/h9-10,13-15H,8,11-12H2,1-7H3,(H2,20,21,22). The second-order valence-corrected chi connectivity index (χ2v) is 6.47. The van der Waals surface area contributed by atoms with Crippen molar-refractivity contribution in [3.8, 4) is 11.5 Å². The highest BCUT2D eigenvalue weighted by molar-refractivity contribution is 5.93. The fourth-order valence-corrected chi connectivity index (χ4v) is 2.81. The van der Waals surface area contributed by atoms with Crippen molar-refractivity contribution >= 4 is 11.6 Å². The first kappa shape index (κ1) is 21.1. The number of benzene rings is 1. The Morgan fingerprint density at radius 1 is 1.08 bits per heavy atom. The van der Waals surface area contributed by atoms with Crippen LogP contribution in [0, 0.1) is 0 Å². The van der Waals surface area contributed by atoms with Gasteiger partial charge in [-0.2, -0.15) is 0 Å². The lowest BCUT2D eigenvalue weighted by Gasteiger charge is -2.30. The SMILES string of the molecule is CN=C(NCCCN(C(C)C)C(C)C)Nc1ccc(OC)c(OC)c1. The predicted molar refractivity (Wildman–Crippen MR) is 106 cm³/mol. The van der Waals surface area contributed by atoms with Crippen LogP contribution >= 0.6 is 0 Å². The predicted octanol–water partition coefficient (Wildman–Crippen LogP) is 3.20. The first-order valence-corrected chi connectivity index (χ1v) is 8.88. The lowest BCUT2D eigenvalue weighted by molar-refractivity contribution is 0.173. The highest BCUT2D eigenvalue weighted by Gasteiger charge is 2.12. The summed E-state index contributed by atoms with van der Waals surface area (Å²) in [6, 6.07) is 6.82. The Bertz CT molecular complexity index is 536. The lowest BCUT2D eigenvalue weighted by Crippen LogP contribution is -2.39. The fraction of sp³-hybridized carbons (Fsp3) is 0.632. The maximum absolute atomic E-state index is 5.33. The number of guanidine groups is 1. The Balaban J connectivity index is 2.53. The molecule has 1 aromatic carbocycles. The molecule has 1 rings (SSSR count). The maximum Gasteiger partial charge on any atom is 0.195 e. The van der Waals surface area contributed by atoms with Crippen LogP contribution in [0.25, 0.3) is 0 Å². The van der Waals surface area contributed by atoms with Crippen molar-refractivity contribution in [3.05, 3.63) is 18.2 Å². The first-order chi connectivity index (χ1) is 11.9. The van der Waals surface area contributed by atoms with Crippen LogP contribution < -0.4 is 20.1 Å². The Hall–Kier alpha value is -1.95. The van der Waals surface area contributed by atoms with E-state index in [1.165, 1.54) is 0 Å². The summed E-state index contributed by atoms with van der Waals surface area (Å²) in [6.45, 7) is 10.9. The number of anilines is 1. The zero-order chi connectivity index (χ0) is 18.8. The van der Waals surface area contributed by atoms with Gasteiger partial charge in [-0.25, -0.2) is 0 Å². The Labute approximate surface area is 152 Å². The highest BCUT2D eigenvalue weighted by Crippen LogP contribution is 2.29. The minimum Gasteiger partial charge on any atom is -0.493 e. The Morgan fingerprint density at radius 3 is 2.24 bits per heavy atom. The summed E-state index contributed by atoms with van der Waals surface area (Å²) in [7, 11) is 5.03. The van der Waals surface area contributed by atoms with E-state index in [1.54, 1.807) is 21.3 Å². The molecule has 0 spiro atoms. The van der Waals surface area contributed by atoms with E-state index in [0.717, 1.165) is 31.2 Å². The molecule has 0 aromatic heterocycles. The molecule has 0 atom stereocenters. The van der Waals surface area contributed by atoms with Crippen molar-refractivity contribution in [3.63, 3.8) is 0 Å². The van der Waals surface area contributed by atoms with Crippen LogP contribution in [0.3, 0.4) is 0 Å². The van der Waals surface area contributed by atoms with Gasteiger partial charge in [0.15, 0.2) is 17.5 Å². The van der Waals surface area contributed by atoms with Crippen LogP contribution in [0.15, 0.2) is 23.2 Å².